The van der Waals surface area contributed by atoms with E-state index >= 15 is 0 Å². The van der Waals surface area contributed by atoms with Crippen molar-refractivity contribution >= 4 is 6.09 Å². The van der Waals surface area contributed by atoms with Gasteiger partial charge in [0.25, 0.3) is 0 Å². The molecule has 2 bridgehead atoms. The summed E-state index contributed by atoms with van der Waals surface area (Å²) in [5.41, 5.74) is -0.423. The van der Waals surface area contributed by atoms with Crippen molar-refractivity contribution in [3.8, 4) is 0 Å². The molecule has 0 spiro atoms. The van der Waals surface area contributed by atoms with E-state index in [1.54, 1.807) is 0 Å². The van der Waals surface area contributed by atoms with Crippen molar-refractivity contribution in [2.75, 3.05) is 13.2 Å². The highest BCUT2D eigenvalue weighted by Gasteiger charge is 2.42. The van der Waals surface area contributed by atoms with E-state index in [0.717, 1.165) is 18.8 Å². The number of nitrogens with zero attached hydrogens (tertiary/aromatic N) is 1. The van der Waals surface area contributed by atoms with Gasteiger partial charge in [0.2, 0.25) is 0 Å². The standard InChI is InChI=1S/C14H25NO3/c1-5-10-6-11-8-17-9-12(7-10)15(11)13(16)18-14(2,3)4/h10-12H,5-9H2,1-4H3. The molecular weight excluding hydrogens is 230 g/mol. The Morgan fingerprint density at radius 1 is 1.28 bits per heavy atom. The van der Waals surface area contributed by atoms with Gasteiger partial charge in [0.1, 0.15) is 5.60 Å². The Balaban J connectivity index is 2.06. The zero-order valence-electron chi connectivity index (χ0n) is 11.9. The van der Waals surface area contributed by atoms with Crippen LogP contribution >= 0.6 is 0 Å². The maximum Gasteiger partial charge on any atom is 0.410 e. The van der Waals surface area contributed by atoms with Crippen LogP contribution in [-0.4, -0.2) is 41.9 Å². The van der Waals surface area contributed by atoms with Gasteiger partial charge in [0.05, 0.1) is 25.3 Å². The second-order valence-electron chi connectivity index (χ2n) is 6.48. The first-order valence-electron chi connectivity index (χ1n) is 6.99. The normalized spacial score (nSPS) is 32.2. The van der Waals surface area contributed by atoms with Gasteiger partial charge in [0, 0.05) is 0 Å². The van der Waals surface area contributed by atoms with Gasteiger partial charge in [-0.25, -0.2) is 4.79 Å². The average molecular weight is 255 g/mol. The molecule has 2 atom stereocenters. The summed E-state index contributed by atoms with van der Waals surface area (Å²) in [6, 6.07) is 0.412. The maximum atomic E-state index is 12.3. The lowest BCUT2D eigenvalue weighted by Crippen LogP contribution is -2.59. The highest BCUT2D eigenvalue weighted by molar-refractivity contribution is 5.69. The molecule has 2 unspecified atom stereocenters. The predicted molar refractivity (Wildman–Crippen MR) is 69.5 cm³/mol. The Kier molecular flexibility index (Phi) is 3.85. The Labute approximate surface area is 110 Å². The van der Waals surface area contributed by atoms with Gasteiger partial charge in [-0.2, -0.15) is 0 Å². The minimum Gasteiger partial charge on any atom is -0.444 e. The summed E-state index contributed by atoms with van der Waals surface area (Å²) in [4.78, 5) is 14.2. The van der Waals surface area contributed by atoms with Gasteiger partial charge in [-0.15, -0.1) is 0 Å². The van der Waals surface area contributed by atoms with Crippen molar-refractivity contribution in [1.82, 2.24) is 4.90 Å². The number of rotatable bonds is 1. The van der Waals surface area contributed by atoms with E-state index in [2.05, 4.69) is 6.92 Å². The number of amides is 1. The van der Waals surface area contributed by atoms with Gasteiger partial charge < -0.3 is 9.47 Å². The number of hydrogen-bond donors (Lipinski definition) is 0. The molecule has 2 heterocycles. The molecule has 2 saturated heterocycles. The molecule has 0 aliphatic carbocycles. The molecule has 2 aliphatic heterocycles. The summed E-state index contributed by atoms with van der Waals surface area (Å²) in [5.74, 6) is 0.725. The van der Waals surface area contributed by atoms with Crippen molar-refractivity contribution in [1.29, 1.82) is 0 Å². The fourth-order valence-electron chi connectivity index (χ4n) is 2.97. The van der Waals surface area contributed by atoms with Crippen LogP contribution < -0.4 is 0 Å². The van der Waals surface area contributed by atoms with Gasteiger partial charge in [0.15, 0.2) is 0 Å². The van der Waals surface area contributed by atoms with Crippen molar-refractivity contribution in [3.05, 3.63) is 0 Å². The number of carbonyl (C=O) groups is 1. The molecule has 0 N–H and O–H groups in total. The van der Waals surface area contributed by atoms with Crippen LogP contribution in [0.4, 0.5) is 4.79 Å². The van der Waals surface area contributed by atoms with Crippen LogP contribution in [0.1, 0.15) is 47.0 Å². The van der Waals surface area contributed by atoms with E-state index in [1.807, 2.05) is 25.7 Å². The largest absolute Gasteiger partial charge is 0.444 e. The number of piperidine rings is 1. The molecule has 0 saturated carbocycles. The lowest BCUT2D eigenvalue weighted by Gasteiger charge is -2.48. The number of morpholine rings is 1. The molecule has 2 aliphatic rings. The highest BCUT2D eigenvalue weighted by Crippen LogP contribution is 2.34. The minimum absolute atomic E-state index is 0.171. The van der Waals surface area contributed by atoms with Gasteiger partial charge in [-0.05, 0) is 39.5 Å². The van der Waals surface area contributed by atoms with Crippen molar-refractivity contribution in [2.45, 2.75) is 64.6 Å². The zero-order valence-corrected chi connectivity index (χ0v) is 11.9. The number of carbonyl (C=O) groups excluding carboxylic acids is 1. The van der Waals surface area contributed by atoms with Crippen LogP contribution in [0.5, 0.6) is 0 Å². The summed E-state index contributed by atoms with van der Waals surface area (Å²) in [6.45, 7) is 9.28. The van der Waals surface area contributed by atoms with Gasteiger partial charge >= 0.3 is 6.09 Å². The first kappa shape index (κ1) is 13.7. The Morgan fingerprint density at radius 3 is 2.28 bits per heavy atom. The van der Waals surface area contributed by atoms with E-state index < -0.39 is 5.60 Å². The minimum atomic E-state index is -0.423. The van der Waals surface area contributed by atoms with Crippen LogP contribution in [0, 0.1) is 5.92 Å². The van der Waals surface area contributed by atoms with Crippen LogP contribution in [0.15, 0.2) is 0 Å². The topological polar surface area (TPSA) is 38.8 Å². The molecule has 2 rings (SSSR count). The number of fused-ring (bicyclic) bond motifs is 2. The lowest BCUT2D eigenvalue weighted by molar-refractivity contribution is -0.0898. The molecule has 4 nitrogen and oxygen atoms in total. The van der Waals surface area contributed by atoms with E-state index in [4.69, 9.17) is 9.47 Å². The monoisotopic (exact) mass is 255 g/mol. The fraction of sp³-hybridized carbons (Fsp3) is 0.929. The summed E-state index contributed by atoms with van der Waals surface area (Å²) in [6.07, 6.45) is 3.11. The quantitative estimate of drug-likeness (QED) is 0.723. The summed E-state index contributed by atoms with van der Waals surface area (Å²) in [7, 11) is 0. The van der Waals surface area contributed by atoms with E-state index in [9.17, 15) is 4.79 Å². The van der Waals surface area contributed by atoms with E-state index in [0.29, 0.717) is 13.2 Å². The molecular formula is C14H25NO3. The molecule has 104 valence electrons. The second-order valence-corrected chi connectivity index (χ2v) is 6.48. The molecule has 0 aromatic rings. The van der Waals surface area contributed by atoms with Crippen molar-refractivity contribution in [3.63, 3.8) is 0 Å². The lowest BCUT2D eigenvalue weighted by atomic mass is 9.84. The molecule has 1 amide bonds. The van der Waals surface area contributed by atoms with Crippen LogP contribution in [0.3, 0.4) is 0 Å². The molecule has 18 heavy (non-hydrogen) atoms. The number of ether oxygens (including phenoxy) is 2. The van der Waals surface area contributed by atoms with E-state index in [1.165, 1.54) is 6.42 Å². The fourth-order valence-corrected chi connectivity index (χ4v) is 2.97. The first-order valence-corrected chi connectivity index (χ1v) is 6.99. The molecule has 0 radical (unpaired) electrons. The zero-order chi connectivity index (χ0) is 13.3. The second kappa shape index (κ2) is 5.08. The van der Waals surface area contributed by atoms with Crippen molar-refractivity contribution < 1.29 is 14.3 Å². The summed E-state index contributed by atoms with van der Waals surface area (Å²) >= 11 is 0. The average Bonchev–Trinajstić information content (AvgIpc) is 2.24. The molecule has 4 heteroatoms. The van der Waals surface area contributed by atoms with E-state index in [-0.39, 0.29) is 18.2 Å². The summed E-state index contributed by atoms with van der Waals surface area (Å²) < 4.78 is 11.1. The van der Waals surface area contributed by atoms with Crippen LogP contribution in [0.25, 0.3) is 0 Å². The van der Waals surface area contributed by atoms with Gasteiger partial charge in [-0.1, -0.05) is 13.3 Å². The number of hydrogen-bond acceptors (Lipinski definition) is 3. The summed E-state index contributed by atoms with van der Waals surface area (Å²) in [5, 5.41) is 0. The Hall–Kier alpha value is -0.770. The third kappa shape index (κ3) is 2.97. The van der Waals surface area contributed by atoms with Crippen LogP contribution in [0.2, 0.25) is 0 Å². The molecule has 0 aromatic heterocycles. The SMILES string of the molecule is CCC1CC2COCC(C1)N2C(=O)OC(C)(C)C. The van der Waals surface area contributed by atoms with Gasteiger partial charge in [-0.3, -0.25) is 4.90 Å². The molecule has 2 fully saturated rings. The third-order valence-electron chi connectivity index (χ3n) is 3.80. The smallest absolute Gasteiger partial charge is 0.410 e. The molecule has 0 aromatic carbocycles. The van der Waals surface area contributed by atoms with Crippen molar-refractivity contribution in [2.24, 2.45) is 5.92 Å². The maximum absolute atomic E-state index is 12.3. The first-order chi connectivity index (χ1) is 8.40. The third-order valence-corrected chi connectivity index (χ3v) is 3.80. The predicted octanol–water partition coefficient (Wildman–Crippen LogP) is 2.81. The van der Waals surface area contributed by atoms with Crippen LogP contribution in [-0.2, 0) is 9.47 Å². The highest BCUT2D eigenvalue weighted by atomic mass is 16.6. The Bertz CT molecular complexity index is 297. The Morgan fingerprint density at radius 2 is 1.83 bits per heavy atom.